The van der Waals surface area contributed by atoms with Gasteiger partial charge in [0.25, 0.3) is 0 Å². The first-order chi connectivity index (χ1) is 8.64. The first-order valence-corrected chi connectivity index (χ1v) is 8.58. The first kappa shape index (κ1) is 15.9. The van der Waals surface area contributed by atoms with Crippen LogP contribution in [0.15, 0.2) is 0 Å². The van der Waals surface area contributed by atoms with Gasteiger partial charge in [-0.05, 0) is 25.7 Å². The van der Waals surface area contributed by atoms with Crippen molar-refractivity contribution in [2.24, 2.45) is 0 Å². The third-order valence-electron chi connectivity index (χ3n) is 2.81. The lowest BCUT2D eigenvalue weighted by Gasteiger charge is -2.07. The number of sulfonamides is 1. The Morgan fingerprint density at radius 3 is 2.56 bits per heavy atom. The monoisotopic (exact) mass is 278 g/mol. The van der Waals surface area contributed by atoms with Gasteiger partial charge >= 0.3 is 0 Å². The van der Waals surface area contributed by atoms with Crippen molar-refractivity contribution >= 4 is 10.0 Å². The number of ether oxygens (including phenoxy) is 1. The Balaban J connectivity index is 1.91. The highest BCUT2D eigenvalue weighted by atomic mass is 32.2. The summed E-state index contributed by atoms with van der Waals surface area (Å²) in [6.45, 7) is 4.54. The van der Waals surface area contributed by atoms with Gasteiger partial charge in [-0.25, -0.2) is 13.1 Å². The summed E-state index contributed by atoms with van der Waals surface area (Å²) >= 11 is 0. The summed E-state index contributed by atoms with van der Waals surface area (Å²) < 4.78 is 31.1. The molecule has 1 fully saturated rings. The lowest BCUT2D eigenvalue weighted by atomic mass is 10.4. The SMILES string of the molecule is CCCCOCCCNS(=O)(=O)CCNC1CC1. The molecular formula is C12H26N2O3S. The maximum absolute atomic E-state index is 11.6. The van der Waals surface area contributed by atoms with Crippen molar-refractivity contribution in [2.75, 3.05) is 32.1 Å². The zero-order valence-corrected chi connectivity index (χ0v) is 12.1. The van der Waals surface area contributed by atoms with Gasteiger partial charge in [-0.15, -0.1) is 0 Å². The minimum atomic E-state index is -3.11. The topological polar surface area (TPSA) is 67.4 Å². The quantitative estimate of drug-likeness (QED) is 0.520. The highest BCUT2D eigenvalue weighted by Crippen LogP contribution is 2.17. The molecular weight excluding hydrogens is 252 g/mol. The molecule has 1 aliphatic rings. The van der Waals surface area contributed by atoms with Crippen molar-refractivity contribution in [1.82, 2.24) is 10.0 Å². The predicted octanol–water partition coefficient (Wildman–Crippen LogP) is 0.865. The summed E-state index contributed by atoms with van der Waals surface area (Å²) in [6.07, 6.45) is 5.29. The molecule has 0 unspecified atom stereocenters. The normalized spacial score (nSPS) is 16.1. The van der Waals surface area contributed by atoms with Crippen LogP contribution in [0.2, 0.25) is 0 Å². The Bertz CT molecular complexity index is 302. The van der Waals surface area contributed by atoms with Crippen molar-refractivity contribution < 1.29 is 13.2 Å². The fourth-order valence-corrected chi connectivity index (χ4v) is 2.49. The summed E-state index contributed by atoms with van der Waals surface area (Å²) in [5.74, 6) is 0.167. The Kier molecular flexibility index (Phi) is 7.81. The van der Waals surface area contributed by atoms with Gasteiger partial charge in [0, 0.05) is 32.3 Å². The minimum Gasteiger partial charge on any atom is -0.381 e. The smallest absolute Gasteiger partial charge is 0.212 e. The van der Waals surface area contributed by atoms with Crippen molar-refractivity contribution in [2.45, 2.75) is 45.1 Å². The fraction of sp³-hybridized carbons (Fsp3) is 1.00. The van der Waals surface area contributed by atoms with Gasteiger partial charge in [0.15, 0.2) is 0 Å². The van der Waals surface area contributed by atoms with Crippen molar-refractivity contribution in [3.63, 3.8) is 0 Å². The third-order valence-corrected chi connectivity index (χ3v) is 4.20. The van der Waals surface area contributed by atoms with Crippen LogP contribution in [0.5, 0.6) is 0 Å². The van der Waals surface area contributed by atoms with Crippen LogP contribution >= 0.6 is 0 Å². The molecule has 2 N–H and O–H groups in total. The second-order valence-electron chi connectivity index (χ2n) is 4.76. The highest BCUT2D eigenvalue weighted by molar-refractivity contribution is 7.89. The molecule has 108 valence electrons. The molecule has 5 nitrogen and oxygen atoms in total. The van der Waals surface area contributed by atoms with Crippen molar-refractivity contribution in [1.29, 1.82) is 0 Å². The van der Waals surface area contributed by atoms with E-state index in [1.165, 1.54) is 12.8 Å². The van der Waals surface area contributed by atoms with Gasteiger partial charge in [0.1, 0.15) is 0 Å². The molecule has 0 aromatic carbocycles. The molecule has 0 spiro atoms. The van der Waals surface area contributed by atoms with Gasteiger partial charge < -0.3 is 10.1 Å². The van der Waals surface area contributed by atoms with E-state index in [1.807, 2.05) is 0 Å². The maximum Gasteiger partial charge on any atom is 0.212 e. The van der Waals surface area contributed by atoms with E-state index in [2.05, 4.69) is 17.0 Å². The second-order valence-corrected chi connectivity index (χ2v) is 6.69. The van der Waals surface area contributed by atoms with Crippen LogP contribution in [-0.4, -0.2) is 46.5 Å². The fourth-order valence-electron chi connectivity index (χ4n) is 1.51. The molecule has 1 aliphatic carbocycles. The molecule has 0 atom stereocenters. The van der Waals surface area contributed by atoms with Crippen LogP contribution in [0.3, 0.4) is 0 Å². The van der Waals surface area contributed by atoms with E-state index in [4.69, 9.17) is 4.74 Å². The molecule has 0 aliphatic heterocycles. The lowest BCUT2D eigenvalue weighted by Crippen LogP contribution is -2.33. The predicted molar refractivity (Wildman–Crippen MR) is 73.2 cm³/mol. The third kappa shape index (κ3) is 8.85. The van der Waals surface area contributed by atoms with Gasteiger partial charge in [-0.1, -0.05) is 13.3 Å². The van der Waals surface area contributed by atoms with Crippen LogP contribution in [0.1, 0.15) is 39.0 Å². The molecule has 0 heterocycles. The number of unbranched alkanes of at least 4 members (excludes halogenated alkanes) is 1. The molecule has 0 radical (unpaired) electrons. The molecule has 18 heavy (non-hydrogen) atoms. The number of hydrogen-bond acceptors (Lipinski definition) is 4. The van der Waals surface area contributed by atoms with E-state index in [0.717, 1.165) is 25.9 Å². The average Bonchev–Trinajstić information content (AvgIpc) is 3.11. The molecule has 0 aromatic rings. The summed E-state index contributed by atoms with van der Waals surface area (Å²) in [4.78, 5) is 0. The van der Waals surface area contributed by atoms with Crippen LogP contribution in [0.4, 0.5) is 0 Å². The Hall–Kier alpha value is -0.170. The van der Waals surface area contributed by atoms with Crippen LogP contribution < -0.4 is 10.0 Å². The summed E-state index contributed by atoms with van der Waals surface area (Å²) in [5, 5.41) is 3.19. The average molecular weight is 278 g/mol. The summed E-state index contributed by atoms with van der Waals surface area (Å²) in [7, 11) is -3.11. The summed E-state index contributed by atoms with van der Waals surface area (Å²) in [5.41, 5.74) is 0. The molecule has 1 saturated carbocycles. The van der Waals surface area contributed by atoms with Crippen LogP contribution in [-0.2, 0) is 14.8 Å². The van der Waals surface area contributed by atoms with Gasteiger partial charge in [0.2, 0.25) is 10.0 Å². The van der Waals surface area contributed by atoms with E-state index < -0.39 is 10.0 Å². The number of hydrogen-bond donors (Lipinski definition) is 2. The van der Waals surface area contributed by atoms with Crippen LogP contribution in [0.25, 0.3) is 0 Å². The maximum atomic E-state index is 11.6. The lowest BCUT2D eigenvalue weighted by molar-refractivity contribution is 0.130. The Labute approximate surface area is 111 Å². The molecule has 0 amide bonds. The number of nitrogens with one attached hydrogen (secondary N) is 2. The zero-order chi connectivity index (χ0) is 13.3. The molecule has 0 saturated heterocycles. The van der Waals surface area contributed by atoms with E-state index in [9.17, 15) is 8.42 Å². The van der Waals surface area contributed by atoms with Crippen LogP contribution in [0, 0.1) is 0 Å². The first-order valence-electron chi connectivity index (χ1n) is 6.92. The van der Waals surface area contributed by atoms with Crippen molar-refractivity contribution in [3.8, 4) is 0 Å². The molecule has 0 aromatic heterocycles. The van der Waals surface area contributed by atoms with E-state index in [1.54, 1.807) is 0 Å². The Morgan fingerprint density at radius 1 is 1.17 bits per heavy atom. The van der Waals surface area contributed by atoms with E-state index >= 15 is 0 Å². The number of rotatable bonds is 12. The molecule has 1 rings (SSSR count). The van der Waals surface area contributed by atoms with Gasteiger partial charge in [-0.2, -0.15) is 0 Å². The highest BCUT2D eigenvalue weighted by Gasteiger charge is 2.20. The standard InChI is InChI=1S/C12H26N2O3S/c1-2-3-9-17-10-4-7-14-18(15,16)11-8-13-12-5-6-12/h12-14H,2-11H2,1H3. The van der Waals surface area contributed by atoms with Gasteiger partial charge in [0.05, 0.1) is 5.75 Å². The van der Waals surface area contributed by atoms with E-state index in [-0.39, 0.29) is 5.75 Å². The second kappa shape index (κ2) is 8.85. The van der Waals surface area contributed by atoms with Crippen molar-refractivity contribution in [3.05, 3.63) is 0 Å². The molecule has 0 bridgehead atoms. The zero-order valence-electron chi connectivity index (χ0n) is 11.3. The van der Waals surface area contributed by atoms with Gasteiger partial charge in [-0.3, -0.25) is 0 Å². The minimum absolute atomic E-state index is 0.167. The largest absolute Gasteiger partial charge is 0.381 e. The van der Waals surface area contributed by atoms with E-state index in [0.29, 0.717) is 25.7 Å². The Morgan fingerprint density at radius 2 is 1.89 bits per heavy atom. The summed E-state index contributed by atoms with van der Waals surface area (Å²) in [6, 6.07) is 0.562. The molecule has 6 heteroatoms.